The van der Waals surface area contributed by atoms with Gasteiger partial charge < -0.3 is 15.0 Å². The van der Waals surface area contributed by atoms with Crippen LogP contribution in [0.4, 0.5) is 11.4 Å². The maximum Gasteiger partial charge on any atom is 0.194 e. The fourth-order valence-corrected chi connectivity index (χ4v) is 3.93. The van der Waals surface area contributed by atoms with Gasteiger partial charge in [0.15, 0.2) is 5.11 Å². The summed E-state index contributed by atoms with van der Waals surface area (Å²) in [7, 11) is 5.77. The molecule has 0 saturated heterocycles. The number of para-hydroxylation sites is 1. The average molecular weight is 431 g/mol. The van der Waals surface area contributed by atoms with Gasteiger partial charge in [0.2, 0.25) is 0 Å². The number of hydrazone groups is 1. The number of thiocarbonyl (C=S) groups is 1. The van der Waals surface area contributed by atoms with E-state index in [0.717, 1.165) is 40.4 Å². The van der Waals surface area contributed by atoms with Crippen LogP contribution in [0.25, 0.3) is 0 Å². The molecule has 1 aliphatic heterocycles. The molecule has 31 heavy (non-hydrogen) atoms. The van der Waals surface area contributed by atoms with Gasteiger partial charge >= 0.3 is 0 Å². The smallest absolute Gasteiger partial charge is 0.194 e. The van der Waals surface area contributed by atoms with E-state index in [4.69, 9.17) is 22.1 Å². The van der Waals surface area contributed by atoms with E-state index in [-0.39, 0.29) is 6.04 Å². The van der Waals surface area contributed by atoms with Crippen molar-refractivity contribution in [3.63, 3.8) is 0 Å². The summed E-state index contributed by atoms with van der Waals surface area (Å²) in [5, 5.41) is 10.8. The number of nitrogens with one attached hydrogen (secondary N) is 1. The van der Waals surface area contributed by atoms with E-state index in [1.54, 1.807) is 7.11 Å². The largest absolute Gasteiger partial charge is 0.497 e. The zero-order valence-corrected chi connectivity index (χ0v) is 18.8. The normalized spacial score (nSPS) is 15.4. The van der Waals surface area contributed by atoms with E-state index in [1.807, 2.05) is 61.6 Å². The highest BCUT2D eigenvalue weighted by molar-refractivity contribution is 7.80. The molecule has 0 saturated carbocycles. The van der Waals surface area contributed by atoms with Gasteiger partial charge in [0, 0.05) is 31.9 Å². The summed E-state index contributed by atoms with van der Waals surface area (Å²) in [5.41, 5.74) is 5.30. The quantitative estimate of drug-likeness (QED) is 0.556. The number of methoxy groups -OCH3 is 1. The van der Waals surface area contributed by atoms with E-state index in [9.17, 15) is 0 Å². The summed E-state index contributed by atoms with van der Waals surface area (Å²) in [6.45, 7) is 0. The number of hydrogen-bond acceptors (Lipinski definition) is 4. The van der Waals surface area contributed by atoms with Crippen LogP contribution in [0, 0.1) is 0 Å². The molecule has 1 N–H and O–H groups in total. The lowest BCUT2D eigenvalue weighted by atomic mass is 9.98. The first kappa shape index (κ1) is 20.9. The fourth-order valence-electron chi connectivity index (χ4n) is 3.65. The van der Waals surface area contributed by atoms with E-state index in [1.165, 1.54) is 0 Å². The molecule has 158 valence electrons. The lowest BCUT2D eigenvalue weighted by Crippen LogP contribution is -2.31. The molecule has 1 aliphatic rings. The van der Waals surface area contributed by atoms with Crippen LogP contribution < -0.4 is 15.0 Å². The van der Waals surface area contributed by atoms with Crippen molar-refractivity contribution in [3.8, 4) is 5.75 Å². The first-order valence-corrected chi connectivity index (χ1v) is 10.6. The third kappa shape index (κ3) is 4.70. The predicted molar refractivity (Wildman–Crippen MR) is 132 cm³/mol. The fraction of sp³-hybridized carbons (Fsp3) is 0.200. The van der Waals surface area contributed by atoms with Crippen molar-refractivity contribution in [1.82, 2.24) is 5.01 Å². The van der Waals surface area contributed by atoms with Crippen molar-refractivity contribution in [2.24, 2.45) is 5.10 Å². The van der Waals surface area contributed by atoms with Gasteiger partial charge in [0.1, 0.15) is 5.75 Å². The molecule has 5 nitrogen and oxygen atoms in total. The van der Waals surface area contributed by atoms with E-state index < -0.39 is 0 Å². The Balaban J connectivity index is 1.68. The summed E-state index contributed by atoms with van der Waals surface area (Å²) >= 11 is 5.77. The van der Waals surface area contributed by atoms with Crippen LogP contribution in [0.15, 0.2) is 84.0 Å². The zero-order chi connectivity index (χ0) is 21.8. The van der Waals surface area contributed by atoms with Gasteiger partial charge in [-0.15, -0.1) is 0 Å². The third-order valence-corrected chi connectivity index (χ3v) is 5.61. The molecule has 3 aromatic rings. The minimum atomic E-state index is -0.0168. The summed E-state index contributed by atoms with van der Waals surface area (Å²) in [5.74, 6) is 0.822. The Morgan fingerprint density at radius 3 is 2.55 bits per heavy atom. The standard InChI is InChI=1S/C25H26N4OS/c1-28(2)21-13-7-9-18(15-21)23-17-24(19-10-8-14-22(16-19)30-3)29(27-23)25(31)26-20-11-5-4-6-12-20/h4-16,24H,17H2,1-3H3,(H,26,31). The molecule has 1 unspecified atom stereocenters. The molecule has 0 radical (unpaired) electrons. The van der Waals surface area contributed by atoms with Gasteiger partial charge in [-0.05, 0) is 59.7 Å². The van der Waals surface area contributed by atoms with Gasteiger partial charge in [0.05, 0.1) is 18.9 Å². The van der Waals surface area contributed by atoms with Crippen molar-refractivity contribution >= 4 is 34.4 Å². The van der Waals surface area contributed by atoms with Crippen molar-refractivity contribution < 1.29 is 4.74 Å². The topological polar surface area (TPSA) is 40.1 Å². The summed E-state index contributed by atoms with van der Waals surface area (Å²) < 4.78 is 5.45. The number of benzene rings is 3. The molecule has 0 bridgehead atoms. The molecule has 6 heteroatoms. The molecule has 4 rings (SSSR count). The Labute approximate surface area is 189 Å². The molecule has 0 spiro atoms. The maximum absolute atomic E-state index is 5.77. The second-order valence-electron chi connectivity index (χ2n) is 7.63. The second-order valence-corrected chi connectivity index (χ2v) is 8.02. The van der Waals surface area contributed by atoms with Crippen molar-refractivity contribution in [2.45, 2.75) is 12.5 Å². The van der Waals surface area contributed by atoms with Crippen LogP contribution in [0.1, 0.15) is 23.6 Å². The molecule has 0 amide bonds. The van der Waals surface area contributed by atoms with Crippen LogP contribution in [-0.4, -0.2) is 37.0 Å². The molecule has 0 aliphatic carbocycles. The highest BCUT2D eigenvalue weighted by Crippen LogP contribution is 2.35. The van der Waals surface area contributed by atoms with Crippen molar-refractivity contribution in [1.29, 1.82) is 0 Å². The van der Waals surface area contributed by atoms with Gasteiger partial charge in [-0.2, -0.15) is 5.10 Å². The molecule has 1 atom stereocenters. The van der Waals surface area contributed by atoms with Crippen molar-refractivity contribution in [2.75, 3.05) is 31.4 Å². The van der Waals surface area contributed by atoms with Gasteiger partial charge in [0.25, 0.3) is 0 Å². The Bertz CT molecular complexity index is 1100. The van der Waals surface area contributed by atoms with Crippen LogP contribution in [0.2, 0.25) is 0 Å². The Kier molecular flexibility index (Phi) is 6.18. The molecule has 1 heterocycles. The minimum Gasteiger partial charge on any atom is -0.497 e. The van der Waals surface area contributed by atoms with Crippen LogP contribution >= 0.6 is 12.2 Å². The predicted octanol–water partition coefficient (Wildman–Crippen LogP) is 5.31. The van der Waals surface area contributed by atoms with E-state index in [0.29, 0.717) is 5.11 Å². The van der Waals surface area contributed by atoms with Gasteiger partial charge in [-0.25, -0.2) is 5.01 Å². The molecular weight excluding hydrogens is 404 g/mol. The van der Waals surface area contributed by atoms with Gasteiger partial charge in [-0.3, -0.25) is 0 Å². The summed E-state index contributed by atoms with van der Waals surface area (Å²) in [6.07, 6.45) is 0.751. The lowest BCUT2D eigenvalue weighted by molar-refractivity contribution is 0.371. The number of ether oxygens (including phenoxy) is 1. The summed E-state index contributed by atoms with van der Waals surface area (Å²) in [4.78, 5) is 2.10. The maximum atomic E-state index is 5.77. The number of rotatable bonds is 5. The molecule has 0 fully saturated rings. The number of hydrogen-bond donors (Lipinski definition) is 1. The number of anilines is 2. The number of nitrogens with zero attached hydrogens (tertiary/aromatic N) is 3. The SMILES string of the molecule is COc1cccc(C2CC(c3cccc(N(C)C)c3)=NN2C(=S)Nc2ccccc2)c1. The highest BCUT2D eigenvalue weighted by Gasteiger charge is 2.32. The zero-order valence-electron chi connectivity index (χ0n) is 17.9. The second kappa shape index (κ2) is 9.18. The first-order chi connectivity index (χ1) is 15.0. The third-order valence-electron chi connectivity index (χ3n) is 5.32. The highest BCUT2D eigenvalue weighted by atomic mass is 32.1. The minimum absolute atomic E-state index is 0.0168. The van der Waals surface area contributed by atoms with E-state index in [2.05, 4.69) is 46.6 Å². The van der Waals surface area contributed by atoms with Crippen molar-refractivity contribution in [3.05, 3.63) is 90.0 Å². The summed E-state index contributed by atoms with van der Waals surface area (Å²) in [6, 6.07) is 26.5. The van der Waals surface area contributed by atoms with E-state index >= 15 is 0 Å². The first-order valence-electron chi connectivity index (χ1n) is 10.2. The molecule has 3 aromatic carbocycles. The molecule has 0 aromatic heterocycles. The Morgan fingerprint density at radius 1 is 1.03 bits per heavy atom. The van der Waals surface area contributed by atoms with Crippen LogP contribution in [-0.2, 0) is 0 Å². The Morgan fingerprint density at radius 2 is 1.81 bits per heavy atom. The molecular formula is C25H26N4OS. The van der Waals surface area contributed by atoms with Crippen LogP contribution in [0.5, 0.6) is 5.75 Å². The lowest BCUT2D eigenvalue weighted by Gasteiger charge is -2.25. The van der Waals surface area contributed by atoms with Crippen LogP contribution in [0.3, 0.4) is 0 Å². The Hall–Kier alpha value is -3.38. The average Bonchev–Trinajstić information content (AvgIpc) is 3.26. The monoisotopic (exact) mass is 430 g/mol. The van der Waals surface area contributed by atoms with Gasteiger partial charge in [-0.1, -0.05) is 42.5 Å².